The number of carbonyl (C=O) groups is 1. The Balaban J connectivity index is 0.00000312. The van der Waals surface area contributed by atoms with Crippen LogP contribution in [0.4, 0.5) is 5.69 Å². The molecule has 0 bridgehead atoms. The van der Waals surface area contributed by atoms with Crippen molar-refractivity contribution >= 4 is 36.0 Å². The molecule has 142 valence electrons. The number of rotatable bonds is 9. The van der Waals surface area contributed by atoms with Gasteiger partial charge in [-0.1, -0.05) is 24.9 Å². The van der Waals surface area contributed by atoms with Gasteiger partial charge in [0, 0.05) is 24.1 Å². The van der Waals surface area contributed by atoms with E-state index in [1.54, 1.807) is 0 Å². The molecule has 25 heavy (non-hydrogen) atoms. The van der Waals surface area contributed by atoms with Crippen molar-refractivity contribution in [3.05, 3.63) is 22.7 Å². The number of halogens is 2. The summed E-state index contributed by atoms with van der Waals surface area (Å²) in [7, 11) is 0. The third kappa shape index (κ3) is 6.36. The predicted molar refractivity (Wildman–Crippen MR) is 107 cm³/mol. The fraction of sp³-hybridized carbons (Fsp3) is 0.632. The zero-order valence-electron chi connectivity index (χ0n) is 15.0. The summed E-state index contributed by atoms with van der Waals surface area (Å²) in [6.07, 6.45) is 8.08. The number of unbranched alkanes of at least 4 members (excludes halogenated alkanes) is 1. The Morgan fingerprint density at radius 1 is 1.32 bits per heavy atom. The third-order valence-electron chi connectivity index (χ3n) is 4.58. The minimum atomic E-state index is 0. The maximum Gasteiger partial charge on any atom is 0.126 e. The van der Waals surface area contributed by atoms with Crippen LogP contribution in [0.15, 0.2) is 12.1 Å². The number of likely N-dealkylation sites (tertiary alicyclic amines) is 1. The first-order valence-corrected chi connectivity index (χ1v) is 9.44. The molecule has 0 aliphatic carbocycles. The maximum absolute atomic E-state index is 10.7. The summed E-state index contributed by atoms with van der Waals surface area (Å²) in [5, 5.41) is 0.575. The lowest BCUT2D eigenvalue weighted by molar-refractivity contribution is -0.108. The number of anilines is 1. The van der Waals surface area contributed by atoms with Crippen molar-refractivity contribution in [2.75, 3.05) is 25.4 Å². The monoisotopic (exact) mass is 388 g/mol. The van der Waals surface area contributed by atoms with E-state index in [0.717, 1.165) is 50.0 Å². The van der Waals surface area contributed by atoms with Crippen LogP contribution in [-0.2, 0) is 4.79 Å². The summed E-state index contributed by atoms with van der Waals surface area (Å²) >= 11 is 6.31. The number of carbonyl (C=O) groups excluding carboxylic acids is 1. The maximum atomic E-state index is 10.7. The van der Waals surface area contributed by atoms with Gasteiger partial charge >= 0.3 is 0 Å². The first kappa shape index (κ1) is 22.1. The molecule has 0 spiro atoms. The van der Waals surface area contributed by atoms with Crippen LogP contribution < -0.4 is 10.5 Å². The number of nitrogens with zero attached hydrogens (tertiary/aromatic N) is 1. The van der Waals surface area contributed by atoms with Gasteiger partial charge in [-0.25, -0.2) is 0 Å². The Labute approximate surface area is 162 Å². The summed E-state index contributed by atoms with van der Waals surface area (Å²) in [6, 6.07) is 4.04. The normalized spacial score (nSPS) is 16.1. The molecule has 0 saturated carbocycles. The van der Waals surface area contributed by atoms with Gasteiger partial charge in [-0.2, -0.15) is 0 Å². The zero-order valence-corrected chi connectivity index (χ0v) is 16.6. The topological polar surface area (TPSA) is 55.6 Å². The molecule has 1 aliphatic rings. The van der Waals surface area contributed by atoms with Gasteiger partial charge in [-0.05, 0) is 51.3 Å². The van der Waals surface area contributed by atoms with Crippen molar-refractivity contribution in [1.29, 1.82) is 0 Å². The highest BCUT2D eigenvalue weighted by atomic mass is 35.5. The minimum Gasteiger partial charge on any atom is -0.493 e. The fourth-order valence-electron chi connectivity index (χ4n) is 3.34. The summed E-state index contributed by atoms with van der Waals surface area (Å²) in [6.45, 7) is 4.92. The molecule has 1 unspecified atom stereocenters. The van der Waals surface area contributed by atoms with Crippen molar-refractivity contribution in [2.24, 2.45) is 0 Å². The van der Waals surface area contributed by atoms with Crippen LogP contribution in [0.25, 0.3) is 0 Å². The summed E-state index contributed by atoms with van der Waals surface area (Å²) < 4.78 is 5.97. The Bertz CT molecular complexity index is 534. The fourth-order valence-corrected chi connectivity index (χ4v) is 3.51. The molecule has 1 aliphatic heterocycles. The Kier molecular flexibility index (Phi) is 10.2. The molecule has 2 rings (SSSR count). The van der Waals surface area contributed by atoms with Crippen molar-refractivity contribution < 1.29 is 9.53 Å². The molecule has 1 heterocycles. The molecular weight excluding hydrogens is 359 g/mol. The smallest absolute Gasteiger partial charge is 0.126 e. The second-order valence-electron chi connectivity index (χ2n) is 6.47. The van der Waals surface area contributed by atoms with Crippen molar-refractivity contribution in [1.82, 2.24) is 4.90 Å². The van der Waals surface area contributed by atoms with Gasteiger partial charge in [0.2, 0.25) is 0 Å². The van der Waals surface area contributed by atoms with Crippen LogP contribution in [0, 0.1) is 0 Å². The lowest BCUT2D eigenvalue weighted by atomic mass is 9.95. The molecule has 2 N–H and O–H groups in total. The summed E-state index contributed by atoms with van der Waals surface area (Å²) in [4.78, 5) is 13.2. The molecular formula is C19H30Cl2N2O2. The highest BCUT2D eigenvalue weighted by Crippen LogP contribution is 2.39. The first-order valence-electron chi connectivity index (χ1n) is 9.06. The molecule has 1 fully saturated rings. The van der Waals surface area contributed by atoms with E-state index >= 15 is 0 Å². The number of aldehydes is 1. The van der Waals surface area contributed by atoms with Gasteiger partial charge in [0.25, 0.3) is 0 Å². The van der Waals surface area contributed by atoms with E-state index in [2.05, 4.69) is 11.8 Å². The van der Waals surface area contributed by atoms with Crippen molar-refractivity contribution in [3.8, 4) is 5.75 Å². The number of nitrogens with two attached hydrogens (primary N) is 1. The van der Waals surface area contributed by atoms with Crippen molar-refractivity contribution in [3.63, 3.8) is 0 Å². The first-order chi connectivity index (χ1) is 11.7. The molecule has 1 aromatic rings. The molecule has 0 amide bonds. The SMILES string of the molecule is CCCOc1cc(N)c(Cl)cc1C(CCCC=O)N1CCCCC1.Cl. The minimum absolute atomic E-state index is 0. The highest BCUT2D eigenvalue weighted by Gasteiger charge is 2.25. The Morgan fingerprint density at radius 2 is 2.04 bits per heavy atom. The molecule has 4 nitrogen and oxygen atoms in total. The van der Waals surface area contributed by atoms with E-state index in [4.69, 9.17) is 22.1 Å². The van der Waals surface area contributed by atoms with Gasteiger partial charge < -0.3 is 15.3 Å². The van der Waals surface area contributed by atoms with E-state index in [-0.39, 0.29) is 18.4 Å². The van der Waals surface area contributed by atoms with Crippen molar-refractivity contribution in [2.45, 2.75) is 57.9 Å². The van der Waals surface area contributed by atoms with E-state index < -0.39 is 0 Å². The van der Waals surface area contributed by atoms with Crippen LogP contribution in [0.3, 0.4) is 0 Å². The van der Waals surface area contributed by atoms with E-state index in [9.17, 15) is 4.79 Å². The second-order valence-corrected chi connectivity index (χ2v) is 6.88. The molecule has 0 radical (unpaired) electrons. The van der Waals surface area contributed by atoms with Crippen LogP contribution in [0.5, 0.6) is 5.75 Å². The van der Waals surface area contributed by atoms with Crippen LogP contribution in [0.1, 0.15) is 63.5 Å². The molecule has 0 aromatic heterocycles. The van der Waals surface area contributed by atoms with E-state index in [0.29, 0.717) is 23.7 Å². The van der Waals surface area contributed by atoms with Gasteiger partial charge in [-0.15, -0.1) is 12.4 Å². The number of nitrogen functional groups attached to an aromatic ring is 1. The Hall–Kier alpha value is -0.970. The quantitative estimate of drug-likeness (QED) is 0.366. The predicted octanol–water partition coefficient (Wildman–Crippen LogP) is 5.03. The molecule has 6 heteroatoms. The Morgan fingerprint density at radius 3 is 2.68 bits per heavy atom. The van der Waals surface area contributed by atoms with E-state index in [1.165, 1.54) is 19.3 Å². The number of piperidine rings is 1. The zero-order chi connectivity index (χ0) is 17.4. The number of benzene rings is 1. The largest absolute Gasteiger partial charge is 0.493 e. The average molecular weight is 389 g/mol. The van der Waals surface area contributed by atoms with Crippen LogP contribution >= 0.6 is 24.0 Å². The summed E-state index contributed by atoms with van der Waals surface area (Å²) in [5.74, 6) is 0.834. The number of ether oxygens (including phenoxy) is 1. The number of hydrogen-bond donors (Lipinski definition) is 1. The second kappa shape index (κ2) is 11.6. The highest BCUT2D eigenvalue weighted by molar-refractivity contribution is 6.33. The molecule has 1 saturated heterocycles. The standard InChI is InChI=1S/C19H29ClN2O2.ClH/c1-2-12-24-19-14-17(21)16(20)13-15(19)18(8-4-7-11-23)22-9-5-3-6-10-22;/h11,13-14,18H,2-10,12,21H2,1H3;1H. The molecule has 1 aromatic carbocycles. The van der Waals surface area contributed by atoms with Gasteiger partial charge in [0.1, 0.15) is 12.0 Å². The number of hydrogen-bond acceptors (Lipinski definition) is 4. The van der Waals surface area contributed by atoms with Gasteiger partial charge in [0.05, 0.1) is 17.3 Å². The lowest BCUT2D eigenvalue weighted by Gasteiger charge is -2.36. The molecule has 1 atom stereocenters. The third-order valence-corrected chi connectivity index (χ3v) is 4.91. The lowest BCUT2D eigenvalue weighted by Crippen LogP contribution is -2.34. The van der Waals surface area contributed by atoms with Gasteiger partial charge in [0.15, 0.2) is 0 Å². The van der Waals surface area contributed by atoms with Crippen LogP contribution in [-0.4, -0.2) is 30.9 Å². The van der Waals surface area contributed by atoms with Gasteiger partial charge in [-0.3, -0.25) is 4.90 Å². The average Bonchev–Trinajstić information content (AvgIpc) is 2.60. The summed E-state index contributed by atoms with van der Waals surface area (Å²) in [5.41, 5.74) is 7.65. The van der Waals surface area contributed by atoms with E-state index in [1.807, 2.05) is 12.1 Å². The van der Waals surface area contributed by atoms with Crippen LogP contribution in [0.2, 0.25) is 5.02 Å².